The topological polar surface area (TPSA) is 82.0 Å². The van der Waals surface area contributed by atoms with Crippen LogP contribution in [0.5, 0.6) is 0 Å². The fourth-order valence-corrected chi connectivity index (χ4v) is 2.15. The van der Waals surface area contributed by atoms with Gasteiger partial charge in [0.1, 0.15) is 18.3 Å². The van der Waals surface area contributed by atoms with Gasteiger partial charge in [0.05, 0.1) is 6.10 Å². The van der Waals surface area contributed by atoms with Crippen LogP contribution in [0, 0.1) is 0 Å². The average Bonchev–Trinajstić information content (AvgIpc) is 2.36. The maximum absolute atomic E-state index is 9.83. The molecule has 1 saturated heterocycles. The van der Waals surface area contributed by atoms with Gasteiger partial charge in [-0.3, -0.25) is 0 Å². The fourth-order valence-electron chi connectivity index (χ4n) is 1.88. The molecule has 0 amide bonds. The zero-order chi connectivity index (χ0) is 13.3. The molecule has 0 aliphatic carbocycles. The van der Waals surface area contributed by atoms with Crippen LogP contribution in [0.3, 0.4) is 0 Å². The zero-order valence-electron chi connectivity index (χ0n) is 9.82. The van der Waals surface area contributed by atoms with Crippen LogP contribution in [0.4, 0.5) is 5.69 Å². The van der Waals surface area contributed by atoms with E-state index in [9.17, 15) is 15.3 Å². The van der Waals surface area contributed by atoms with Gasteiger partial charge in [-0.1, -0.05) is 15.9 Å². The second kappa shape index (κ2) is 5.54. The normalized spacial score (nSPS) is 36.4. The predicted molar refractivity (Wildman–Crippen MR) is 70.1 cm³/mol. The number of rotatable bonds is 2. The van der Waals surface area contributed by atoms with Crippen LogP contribution in [0.15, 0.2) is 28.7 Å². The minimum Gasteiger partial charge on any atom is -0.388 e. The highest BCUT2D eigenvalue weighted by Crippen LogP contribution is 2.23. The van der Waals surface area contributed by atoms with Gasteiger partial charge < -0.3 is 25.4 Å². The molecule has 5 atom stereocenters. The molecule has 0 bridgehead atoms. The molecule has 1 aromatic rings. The number of hydrogen-bond donors (Lipinski definition) is 4. The summed E-state index contributed by atoms with van der Waals surface area (Å²) < 4.78 is 6.38. The molecule has 1 aliphatic rings. The van der Waals surface area contributed by atoms with Crippen molar-refractivity contribution in [2.45, 2.75) is 37.6 Å². The van der Waals surface area contributed by atoms with Gasteiger partial charge in [0.2, 0.25) is 0 Å². The van der Waals surface area contributed by atoms with Crippen LogP contribution < -0.4 is 5.32 Å². The van der Waals surface area contributed by atoms with Crippen molar-refractivity contribution in [3.63, 3.8) is 0 Å². The third kappa shape index (κ3) is 2.84. The Hall–Kier alpha value is -0.660. The summed E-state index contributed by atoms with van der Waals surface area (Å²) in [5.74, 6) is 0. The van der Waals surface area contributed by atoms with E-state index in [1.807, 2.05) is 24.3 Å². The Kier molecular flexibility index (Phi) is 4.24. The van der Waals surface area contributed by atoms with Crippen LogP contribution in [0.25, 0.3) is 0 Å². The molecule has 1 fully saturated rings. The third-order valence-electron chi connectivity index (χ3n) is 3.01. The van der Waals surface area contributed by atoms with E-state index in [2.05, 4.69) is 21.2 Å². The van der Waals surface area contributed by atoms with Gasteiger partial charge in [-0.25, -0.2) is 0 Å². The number of benzene rings is 1. The van der Waals surface area contributed by atoms with Gasteiger partial charge in [-0.2, -0.15) is 0 Å². The molecule has 100 valence electrons. The average molecular weight is 318 g/mol. The smallest absolute Gasteiger partial charge is 0.157 e. The van der Waals surface area contributed by atoms with E-state index in [1.54, 1.807) is 6.92 Å². The molecule has 1 heterocycles. The molecule has 0 aromatic heterocycles. The summed E-state index contributed by atoms with van der Waals surface area (Å²) in [6.45, 7) is 1.65. The Morgan fingerprint density at radius 3 is 2.28 bits per heavy atom. The first-order valence-corrected chi connectivity index (χ1v) is 6.50. The maximum Gasteiger partial charge on any atom is 0.157 e. The van der Waals surface area contributed by atoms with Crippen molar-refractivity contribution >= 4 is 21.6 Å². The number of ether oxygens (including phenoxy) is 1. The number of halogens is 1. The van der Waals surface area contributed by atoms with Crippen LogP contribution in [0.2, 0.25) is 0 Å². The van der Waals surface area contributed by atoms with Crippen LogP contribution >= 0.6 is 15.9 Å². The van der Waals surface area contributed by atoms with Crippen molar-refractivity contribution in [2.75, 3.05) is 5.32 Å². The van der Waals surface area contributed by atoms with Gasteiger partial charge in [0.15, 0.2) is 6.23 Å². The van der Waals surface area contributed by atoms with Gasteiger partial charge in [0.25, 0.3) is 0 Å². The maximum atomic E-state index is 9.83. The molecule has 1 aliphatic heterocycles. The molecule has 0 radical (unpaired) electrons. The van der Waals surface area contributed by atoms with Crippen molar-refractivity contribution in [1.82, 2.24) is 0 Å². The molecule has 0 spiro atoms. The van der Waals surface area contributed by atoms with E-state index in [0.717, 1.165) is 10.2 Å². The number of aliphatic hydroxyl groups excluding tert-OH is 3. The summed E-state index contributed by atoms with van der Waals surface area (Å²) in [5, 5.41) is 32.1. The van der Waals surface area contributed by atoms with E-state index >= 15 is 0 Å². The highest BCUT2D eigenvalue weighted by Gasteiger charge is 2.41. The van der Waals surface area contributed by atoms with E-state index in [-0.39, 0.29) is 0 Å². The highest BCUT2D eigenvalue weighted by molar-refractivity contribution is 9.10. The molecular weight excluding hydrogens is 302 g/mol. The Labute approximate surface area is 114 Å². The van der Waals surface area contributed by atoms with E-state index in [1.165, 1.54) is 0 Å². The first kappa shape index (κ1) is 13.8. The summed E-state index contributed by atoms with van der Waals surface area (Å²) in [6, 6.07) is 7.35. The number of aliphatic hydroxyl groups is 3. The van der Waals surface area contributed by atoms with E-state index in [0.29, 0.717) is 0 Å². The monoisotopic (exact) mass is 317 g/mol. The van der Waals surface area contributed by atoms with Crippen molar-refractivity contribution in [2.24, 2.45) is 0 Å². The van der Waals surface area contributed by atoms with Crippen LogP contribution in [-0.4, -0.2) is 46.0 Å². The zero-order valence-corrected chi connectivity index (χ0v) is 11.4. The summed E-state index contributed by atoms with van der Waals surface area (Å²) in [5.41, 5.74) is 0.762. The quantitative estimate of drug-likeness (QED) is 0.645. The Balaban J connectivity index is 2.06. The molecule has 18 heavy (non-hydrogen) atoms. The molecule has 2 rings (SSSR count). The largest absolute Gasteiger partial charge is 0.388 e. The third-order valence-corrected chi connectivity index (χ3v) is 3.53. The van der Waals surface area contributed by atoms with Gasteiger partial charge in [-0.15, -0.1) is 0 Å². The molecule has 4 N–H and O–H groups in total. The lowest BCUT2D eigenvalue weighted by Crippen LogP contribution is -2.58. The van der Waals surface area contributed by atoms with Crippen LogP contribution in [0.1, 0.15) is 6.92 Å². The van der Waals surface area contributed by atoms with Gasteiger partial charge >= 0.3 is 0 Å². The summed E-state index contributed by atoms with van der Waals surface area (Å²) >= 11 is 3.33. The molecular formula is C12H16BrNO4. The van der Waals surface area contributed by atoms with Crippen molar-refractivity contribution in [3.05, 3.63) is 28.7 Å². The Bertz CT molecular complexity index is 400. The Morgan fingerprint density at radius 1 is 1.06 bits per heavy atom. The predicted octanol–water partition coefficient (Wildman–Crippen LogP) is 0.688. The first-order chi connectivity index (χ1) is 8.49. The molecule has 5 nitrogen and oxygen atoms in total. The van der Waals surface area contributed by atoms with E-state index < -0.39 is 30.6 Å². The lowest BCUT2D eigenvalue weighted by Gasteiger charge is -2.39. The minimum absolute atomic E-state index is 0.545. The number of hydrogen-bond acceptors (Lipinski definition) is 5. The fraction of sp³-hybridized carbons (Fsp3) is 0.500. The standard InChI is InChI=1S/C12H16BrNO4/c1-6-9(15)10(16)11(17)12(18-6)14-8-4-2-7(13)3-5-8/h2-6,9-12,14-17H,1H3/t6-,9-,10+,11+,12-/m1/s1. The lowest BCUT2D eigenvalue weighted by molar-refractivity contribution is -0.209. The van der Waals surface area contributed by atoms with Crippen molar-refractivity contribution < 1.29 is 20.1 Å². The van der Waals surface area contributed by atoms with Crippen molar-refractivity contribution in [3.8, 4) is 0 Å². The lowest BCUT2D eigenvalue weighted by atomic mass is 9.99. The molecule has 0 unspecified atom stereocenters. The van der Waals surface area contributed by atoms with Gasteiger partial charge in [-0.05, 0) is 31.2 Å². The molecule has 1 aromatic carbocycles. The molecule has 6 heteroatoms. The molecule has 0 saturated carbocycles. The minimum atomic E-state index is -1.22. The highest BCUT2D eigenvalue weighted by atomic mass is 79.9. The summed E-state index contributed by atoms with van der Waals surface area (Å²) in [4.78, 5) is 0. The second-order valence-corrected chi connectivity index (χ2v) is 5.30. The second-order valence-electron chi connectivity index (χ2n) is 4.38. The number of anilines is 1. The Morgan fingerprint density at radius 2 is 1.67 bits per heavy atom. The first-order valence-electron chi connectivity index (χ1n) is 5.71. The van der Waals surface area contributed by atoms with Gasteiger partial charge in [0, 0.05) is 10.2 Å². The summed E-state index contributed by atoms with van der Waals surface area (Å²) in [7, 11) is 0. The summed E-state index contributed by atoms with van der Waals surface area (Å²) in [6.07, 6.45) is -4.78. The number of nitrogens with one attached hydrogen (secondary N) is 1. The van der Waals surface area contributed by atoms with Crippen LogP contribution in [-0.2, 0) is 4.74 Å². The van der Waals surface area contributed by atoms with E-state index in [4.69, 9.17) is 4.74 Å². The SMILES string of the molecule is C[C@H]1O[C@@H](Nc2ccc(Br)cc2)[C@@H](O)[C@@H](O)[C@@H]1O. The van der Waals surface area contributed by atoms with Crippen molar-refractivity contribution in [1.29, 1.82) is 0 Å².